The zero-order valence-electron chi connectivity index (χ0n) is 23.1. The molecular weight excluding hydrogens is 594 g/mol. The van der Waals surface area contributed by atoms with Crippen LogP contribution < -0.4 is 15.5 Å². The minimum absolute atomic E-state index is 0.00684. The molecule has 0 bridgehead atoms. The van der Waals surface area contributed by atoms with Gasteiger partial charge in [0.2, 0.25) is 17.7 Å². The van der Waals surface area contributed by atoms with Crippen LogP contribution in [-0.2, 0) is 20.9 Å². The minimum Gasteiger partial charge on any atom is -0.357 e. The molecular formula is C28H24ClN9O6. The zero-order chi connectivity index (χ0) is 31.1. The molecule has 16 heteroatoms. The molecule has 6 rings (SSSR count). The number of halogens is 1. The Hall–Kier alpha value is -5.44. The van der Waals surface area contributed by atoms with Gasteiger partial charge in [-0.2, -0.15) is 5.10 Å². The summed E-state index contributed by atoms with van der Waals surface area (Å²) in [7, 11) is 1.41. The Bertz CT molecular complexity index is 1870. The van der Waals surface area contributed by atoms with Gasteiger partial charge in [0.1, 0.15) is 6.04 Å². The van der Waals surface area contributed by atoms with Crippen LogP contribution in [0.3, 0.4) is 0 Å². The van der Waals surface area contributed by atoms with Gasteiger partial charge in [-0.25, -0.2) is 0 Å². The number of carbonyl (C=O) groups is 6. The van der Waals surface area contributed by atoms with Gasteiger partial charge in [0, 0.05) is 30.4 Å². The van der Waals surface area contributed by atoms with Gasteiger partial charge >= 0.3 is 0 Å². The number of aryl methyl sites for hydroxylation is 1. The molecule has 1 fully saturated rings. The number of rotatable bonds is 8. The summed E-state index contributed by atoms with van der Waals surface area (Å²) in [6.45, 7) is 0.275. The molecule has 0 aliphatic carbocycles. The molecule has 2 unspecified atom stereocenters. The van der Waals surface area contributed by atoms with E-state index in [0.717, 1.165) is 9.80 Å². The number of H-pyrrole nitrogens is 1. The number of imide groups is 2. The summed E-state index contributed by atoms with van der Waals surface area (Å²) in [5.41, 5.74) is 0.736. The third kappa shape index (κ3) is 4.76. The van der Waals surface area contributed by atoms with Crippen LogP contribution in [0.1, 0.15) is 55.8 Å². The van der Waals surface area contributed by atoms with Crippen molar-refractivity contribution in [2.75, 3.05) is 17.8 Å². The Morgan fingerprint density at radius 3 is 2.64 bits per heavy atom. The summed E-state index contributed by atoms with van der Waals surface area (Å²) in [5, 5.41) is 20.4. The number of benzene rings is 2. The van der Waals surface area contributed by atoms with Gasteiger partial charge in [0.05, 0.1) is 35.1 Å². The quantitative estimate of drug-likeness (QED) is 0.190. The average molecular weight is 618 g/mol. The monoisotopic (exact) mass is 617 g/mol. The average Bonchev–Trinajstić information content (AvgIpc) is 3.73. The number of fused-ring (bicyclic) bond motifs is 2. The van der Waals surface area contributed by atoms with E-state index >= 15 is 0 Å². The molecule has 2 aliphatic heterocycles. The molecule has 2 aromatic heterocycles. The first-order valence-corrected chi connectivity index (χ1v) is 14.1. The minimum atomic E-state index is -1.34. The van der Waals surface area contributed by atoms with E-state index in [2.05, 4.69) is 31.1 Å². The number of likely N-dealkylation sites (N-methyl/N-ethyl adjacent to an activating group) is 1. The number of aromatic amines is 1. The topological polar surface area (TPSA) is 192 Å². The fourth-order valence-corrected chi connectivity index (χ4v) is 5.58. The number of hydrogen-bond acceptors (Lipinski definition) is 9. The Kier molecular flexibility index (Phi) is 7.38. The van der Waals surface area contributed by atoms with E-state index in [9.17, 15) is 28.8 Å². The van der Waals surface area contributed by atoms with Gasteiger partial charge in [-0.3, -0.25) is 53.7 Å². The number of aromatic nitrogens is 5. The van der Waals surface area contributed by atoms with Crippen LogP contribution in [0.4, 0.5) is 5.69 Å². The molecule has 15 nitrogen and oxygen atoms in total. The molecule has 3 N–H and O–H groups in total. The highest BCUT2D eigenvalue weighted by atomic mass is 35.5. The maximum atomic E-state index is 14.2. The summed E-state index contributed by atoms with van der Waals surface area (Å²) in [6.07, 6.45) is 1.33. The molecule has 6 amide bonds. The fourth-order valence-electron chi connectivity index (χ4n) is 5.41. The first-order valence-electron chi connectivity index (χ1n) is 13.5. The standard InChI is InChI=1S/C28H24ClN9O6/c1-30-25(41)23(22-16-4-2-3-5-18(16)32-34-22)37(28(44)19-13-36(11-10-29)35-33-19)14-6-7-15-17(12-14)27(43)38(26(15)42)20-8-9-21(39)31-24(20)40/h2-7,12-13,20,23H,8-11H2,1H3,(H,30,41)(H,32,34)(H,31,39,40). The second kappa shape index (κ2) is 11.3. The van der Waals surface area contributed by atoms with E-state index in [1.165, 1.54) is 36.1 Å². The molecule has 0 spiro atoms. The highest BCUT2D eigenvalue weighted by molar-refractivity contribution is 6.24. The van der Waals surface area contributed by atoms with Gasteiger partial charge in [-0.15, -0.1) is 16.7 Å². The van der Waals surface area contributed by atoms with E-state index in [-0.39, 0.29) is 53.5 Å². The third-order valence-corrected chi connectivity index (χ3v) is 7.68. The number of alkyl halides is 1. The SMILES string of the molecule is CNC(=O)C(c1[nH]nc2ccccc12)N(C(=O)c1cn(CCCl)nn1)c1ccc2c(c1)C(=O)N(C1CCC(=O)NC1=O)C2=O. The Balaban J connectivity index is 1.48. The number of nitrogens with zero attached hydrogens (tertiary/aromatic N) is 6. The first kappa shape index (κ1) is 28.7. The number of carbonyl (C=O) groups excluding carboxylic acids is 6. The van der Waals surface area contributed by atoms with Crippen molar-refractivity contribution in [2.24, 2.45) is 0 Å². The van der Waals surface area contributed by atoms with E-state index in [1.54, 1.807) is 24.3 Å². The Labute approximate surface area is 253 Å². The lowest BCUT2D eigenvalue weighted by Gasteiger charge is -2.30. The van der Waals surface area contributed by atoms with Crippen LogP contribution >= 0.6 is 11.6 Å². The summed E-state index contributed by atoms with van der Waals surface area (Å²) in [6, 6.07) is 8.60. The van der Waals surface area contributed by atoms with Crippen molar-refractivity contribution in [1.82, 2.24) is 40.7 Å². The number of nitrogens with one attached hydrogen (secondary N) is 3. The van der Waals surface area contributed by atoms with Crippen molar-refractivity contribution in [3.63, 3.8) is 0 Å². The van der Waals surface area contributed by atoms with Gasteiger partial charge in [-0.1, -0.05) is 23.4 Å². The predicted octanol–water partition coefficient (Wildman–Crippen LogP) is 0.928. The van der Waals surface area contributed by atoms with Crippen molar-refractivity contribution in [3.8, 4) is 0 Å². The second-order valence-electron chi connectivity index (χ2n) is 10.1. The van der Waals surface area contributed by atoms with E-state index in [4.69, 9.17) is 11.6 Å². The normalized spacial score (nSPS) is 17.0. The smallest absolute Gasteiger partial charge is 0.281 e. The molecule has 0 saturated carbocycles. The molecule has 4 heterocycles. The molecule has 44 heavy (non-hydrogen) atoms. The maximum Gasteiger partial charge on any atom is 0.281 e. The molecule has 0 radical (unpaired) electrons. The molecule has 4 aromatic rings. The van der Waals surface area contributed by atoms with Gasteiger partial charge in [0.15, 0.2) is 11.7 Å². The molecule has 2 aliphatic rings. The molecule has 2 atom stereocenters. The van der Waals surface area contributed by atoms with Crippen LogP contribution in [-0.4, -0.2) is 84.5 Å². The van der Waals surface area contributed by atoms with E-state index in [0.29, 0.717) is 10.9 Å². The van der Waals surface area contributed by atoms with Crippen LogP contribution in [0, 0.1) is 0 Å². The van der Waals surface area contributed by atoms with Crippen LogP contribution in [0.5, 0.6) is 0 Å². The number of amides is 6. The summed E-state index contributed by atoms with van der Waals surface area (Å²) < 4.78 is 1.38. The van der Waals surface area contributed by atoms with Crippen molar-refractivity contribution in [2.45, 2.75) is 31.5 Å². The summed E-state index contributed by atoms with van der Waals surface area (Å²) in [4.78, 5) is 80.8. The summed E-state index contributed by atoms with van der Waals surface area (Å²) in [5.74, 6) is -3.84. The fraction of sp³-hybridized carbons (Fsp3) is 0.250. The van der Waals surface area contributed by atoms with Crippen molar-refractivity contribution >= 4 is 63.6 Å². The lowest BCUT2D eigenvalue weighted by molar-refractivity contribution is -0.136. The number of para-hydroxylation sites is 1. The molecule has 1 saturated heterocycles. The lowest BCUT2D eigenvalue weighted by Crippen LogP contribution is -2.54. The van der Waals surface area contributed by atoms with Crippen LogP contribution in [0.15, 0.2) is 48.7 Å². The van der Waals surface area contributed by atoms with Crippen LogP contribution in [0.25, 0.3) is 10.9 Å². The zero-order valence-corrected chi connectivity index (χ0v) is 23.9. The number of hydrogen-bond donors (Lipinski definition) is 3. The van der Waals surface area contributed by atoms with Gasteiger partial charge < -0.3 is 5.32 Å². The number of anilines is 1. The van der Waals surface area contributed by atoms with Crippen molar-refractivity contribution < 1.29 is 28.8 Å². The van der Waals surface area contributed by atoms with Crippen molar-refractivity contribution in [1.29, 1.82) is 0 Å². The predicted molar refractivity (Wildman–Crippen MR) is 154 cm³/mol. The maximum absolute atomic E-state index is 14.2. The Morgan fingerprint density at radius 1 is 1.11 bits per heavy atom. The highest BCUT2D eigenvalue weighted by Gasteiger charge is 2.45. The van der Waals surface area contributed by atoms with Crippen molar-refractivity contribution in [3.05, 3.63) is 71.2 Å². The first-order chi connectivity index (χ1) is 21.2. The third-order valence-electron chi connectivity index (χ3n) is 7.51. The number of piperidine rings is 1. The summed E-state index contributed by atoms with van der Waals surface area (Å²) >= 11 is 5.83. The largest absolute Gasteiger partial charge is 0.357 e. The lowest BCUT2D eigenvalue weighted by atomic mass is 10.0. The molecule has 2 aromatic carbocycles. The van der Waals surface area contributed by atoms with Gasteiger partial charge in [-0.05, 0) is 30.7 Å². The second-order valence-corrected chi connectivity index (χ2v) is 10.5. The van der Waals surface area contributed by atoms with E-state index in [1.807, 2.05) is 0 Å². The van der Waals surface area contributed by atoms with E-state index < -0.39 is 47.5 Å². The van der Waals surface area contributed by atoms with Crippen LogP contribution in [0.2, 0.25) is 0 Å². The Morgan fingerprint density at radius 2 is 1.89 bits per heavy atom. The van der Waals surface area contributed by atoms with Gasteiger partial charge in [0.25, 0.3) is 17.7 Å². The molecule has 224 valence electrons. The highest BCUT2D eigenvalue weighted by Crippen LogP contribution is 2.36.